The van der Waals surface area contributed by atoms with Crippen LogP contribution in [0.1, 0.15) is 31.7 Å². The monoisotopic (exact) mass is 273 g/mol. The fourth-order valence-electron chi connectivity index (χ4n) is 2.35. The molecule has 0 aliphatic carbocycles. The highest BCUT2D eigenvalue weighted by molar-refractivity contribution is 5.92. The summed E-state index contributed by atoms with van der Waals surface area (Å²) in [4.78, 5) is 13.9. The van der Waals surface area contributed by atoms with Gasteiger partial charge in [-0.05, 0) is 49.1 Å². The van der Waals surface area contributed by atoms with Crippen molar-refractivity contribution in [1.82, 2.24) is 5.32 Å². The molecule has 20 heavy (non-hydrogen) atoms. The van der Waals surface area contributed by atoms with Crippen LogP contribution in [-0.2, 0) is 4.79 Å². The highest BCUT2D eigenvalue weighted by Gasteiger charge is 2.12. The molecular formula is C16H23N3O. The Bertz CT molecular complexity index is 490. The van der Waals surface area contributed by atoms with Gasteiger partial charge < -0.3 is 16.0 Å². The van der Waals surface area contributed by atoms with Crippen molar-refractivity contribution in [3.8, 4) is 0 Å². The largest absolute Gasteiger partial charge is 0.398 e. The minimum atomic E-state index is -0.0715. The molecule has 1 heterocycles. The third kappa shape index (κ3) is 3.76. The maximum Gasteiger partial charge on any atom is 0.244 e. The summed E-state index contributed by atoms with van der Waals surface area (Å²) in [6, 6.07) is 6.02. The van der Waals surface area contributed by atoms with Gasteiger partial charge in [-0.15, -0.1) is 0 Å². The maximum absolute atomic E-state index is 11.6. The highest BCUT2D eigenvalue weighted by atomic mass is 16.1. The number of carbonyl (C=O) groups is 1. The van der Waals surface area contributed by atoms with Gasteiger partial charge in [-0.2, -0.15) is 0 Å². The van der Waals surface area contributed by atoms with Gasteiger partial charge in [0.2, 0.25) is 5.91 Å². The van der Waals surface area contributed by atoms with Crippen LogP contribution in [-0.4, -0.2) is 25.5 Å². The number of carbonyl (C=O) groups excluding carboxylic acids is 1. The molecule has 0 spiro atoms. The van der Waals surface area contributed by atoms with Crippen LogP contribution in [0, 0.1) is 0 Å². The first-order valence-electron chi connectivity index (χ1n) is 7.31. The maximum atomic E-state index is 11.6. The second kappa shape index (κ2) is 6.98. The lowest BCUT2D eigenvalue weighted by Gasteiger charge is -2.18. The van der Waals surface area contributed by atoms with Crippen molar-refractivity contribution in [3.63, 3.8) is 0 Å². The SMILES string of the molecule is CCCNC(=O)/C=C/c1cc(N2CCCC2)ccc1N. The first-order chi connectivity index (χ1) is 9.70. The van der Waals surface area contributed by atoms with Gasteiger partial charge in [0.15, 0.2) is 0 Å². The number of nitrogens with zero attached hydrogens (tertiary/aromatic N) is 1. The number of rotatable bonds is 5. The molecule has 2 rings (SSSR count). The molecule has 1 aromatic rings. The fourth-order valence-corrected chi connectivity index (χ4v) is 2.35. The van der Waals surface area contributed by atoms with Crippen LogP contribution in [0.4, 0.5) is 11.4 Å². The Balaban J connectivity index is 2.08. The summed E-state index contributed by atoms with van der Waals surface area (Å²) in [6.07, 6.45) is 6.77. The number of nitrogen functional groups attached to an aromatic ring is 1. The first kappa shape index (κ1) is 14.4. The average Bonchev–Trinajstić information content (AvgIpc) is 2.98. The summed E-state index contributed by atoms with van der Waals surface area (Å²) in [5, 5.41) is 2.81. The smallest absolute Gasteiger partial charge is 0.244 e. The molecule has 3 N–H and O–H groups in total. The predicted molar refractivity (Wildman–Crippen MR) is 84.6 cm³/mol. The minimum absolute atomic E-state index is 0.0715. The van der Waals surface area contributed by atoms with E-state index in [1.54, 1.807) is 12.2 Å². The molecule has 1 aliphatic rings. The van der Waals surface area contributed by atoms with Crippen LogP contribution in [0.3, 0.4) is 0 Å². The predicted octanol–water partition coefficient (Wildman–Crippen LogP) is 2.41. The Morgan fingerprint density at radius 2 is 2.15 bits per heavy atom. The number of nitrogens with two attached hydrogens (primary N) is 1. The Morgan fingerprint density at radius 3 is 2.85 bits per heavy atom. The van der Waals surface area contributed by atoms with Gasteiger partial charge in [-0.25, -0.2) is 0 Å². The van der Waals surface area contributed by atoms with Gasteiger partial charge in [0, 0.05) is 37.1 Å². The van der Waals surface area contributed by atoms with E-state index in [0.29, 0.717) is 12.2 Å². The Hall–Kier alpha value is -1.97. The molecule has 0 aromatic heterocycles. The zero-order valence-corrected chi connectivity index (χ0v) is 12.1. The molecule has 4 nitrogen and oxygen atoms in total. The van der Waals surface area contributed by atoms with E-state index in [-0.39, 0.29) is 5.91 Å². The zero-order valence-electron chi connectivity index (χ0n) is 12.1. The van der Waals surface area contributed by atoms with Crippen LogP contribution in [0.15, 0.2) is 24.3 Å². The first-order valence-corrected chi connectivity index (χ1v) is 7.31. The third-order valence-electron chi connectivity index (χ3n) is 3.51. The Morgan fingerprint density at radius 1 is 1.40 bits per heavy atom. The lowest BCUT2D eigenvalue weighted by molar-refractivity contribution is -0.116. The molecule has 1 fully saturated rings. The van der Waals surface area contributed by atoms with E-state index in [9.17, 15) is 4.79 Å². The summed E-state index contributed by atoms with van der Waals surface area (Å²) in [5.74, 6) is -0.0715. The van der Waals surface area contributed by atoms with Gasteiger partial charge in [0.05, 0.1) is 0 Å². The topological polar surface area (TPSA) is 58.4 Å². The zero-order chi connectivity index (χ0) is 14.4. The third-order valence-corrected chi connectivity index (χ3v) is 3.51. The van der Waals surface area contributed by atoms with Crippen LogP contribution < -0.4 is 16.0 Å². The molecule has 1 aliphatic heterocycles. The molecule has 0 radical (unpaired) electrons. The second-order valence-electron chi connectivity index (χ2n) is 5.13. The van der Waals surface area contributed by atoms with Crippen molar-refractivity contribution in [1.29, 1.82) is 0 Å². The van der Waals surface area contributed by atoms with Crippen LogP contribution in [0.2, 0.25) is 0 Å². The summed E-state index contributed by atoms with van der Waals surface area (Å²) >= 11 is 0. The lowest BCUT2D eigenvalue weighted by Crippen LogP contribution is -2.21. The molecule has 0 bridgehead atoms. The number of hydrogen-bond donors (Lipinski definition) is 2. The van der Waals surface area contributed by atoms with E-state index in [4.69, 9.17) is 5.73 Å². The van der Waals surface area contributed by atoms with Crippen molar-refractivity contribution < 1.29 is 4.79 Å². The van der Waals surface area contributed by atoms with Gasteiger partial charge >= 0.3 is 0 Å². The summed E-state index contributed by atoms with van der Waals surface area (Å²) in [5.41, 5.74) is 8.76. The molecule has 0 atom stereocenters. The fraction of sp³-hybridized carbons (Fsp3) is 0.438. The molecule has 108 valence electrons. The van der Waals surface area contributed by atoms with Gasteiger partial charge in [-0.3, -0.25) is 4.79 Å². The van der Waals surface area contributed by atoms with E-state index in [2.05, 4.69) is 22.3 Å². The van der Waals surface area contributed by atoms with E-state index >= 15 is 0 Å². The summed E-state index contributed by atoms with van der Waals surface area (Å²) in [7, 11) is 0. The molecule has 1 aromatic carbocycles. The minimum Gasteiger partial charge on any atom is -0.398 e. The second-order valence-corrected chi connectivity index (χ2v) is 5.13. The van der Waals surface area contributed by atoms with E-state index in [0.717, 1.165) is 25.1 Å². The highest BCUT2D eigenvalue weighted by Crippen LogP contribution is 2.25. The average molecular weight is 273 g/mol. The Kier molecular flexibility index (Phi) is 5.04. The molecular weight excluding hydrogens is 250 g/mol. The van der Waals surface area contributed by atoms with E-state index < -0.39 is 0 Å². The quantitative estimate of drug-likeness (QED) is 0.640. The molecule has 1 saturated heterocycles. The molecule has 0 unspecified atom stereocenters. The molecule has 0 saturated carbocycles. The number of benzene rings is 1. The van der Waals surface area contributed by atoms with Crippen molar-refractivity contribution in [2.45, 2.75) is 26.2 Å². The number of hydrogen-bond acceptors (Lipinski definition) is 3. The number of nitrogens with one attached hydrogen (secondary N) is 1. The van der Waals surface area contributed by atoms with Crippen molar-refractivity contribution in [2.75, 3.05) is 30.3 Å². The molecule has 4 heteroatoms. The van der Waals surface area contributed by atoms with Crippen molar-refractivity contribution >= 4 is 23.4 Å². The van der Waals surface area contributed by atoms with Crippen LogP contribution >= 0.6 is 0 Å². The van der Waals surface area contributed by atoms with Gasteiger partial charge in [0.25, 0.3) is 0 Å². The standard InChI is InChI=1S/C16H23N3O/c1-2-9-18-16(20)8-5-13-12-14(6-7-15(13)17)19-10-3-4-11-19/h5-8,12H,2-4,9-11,17H2,1H3,(H,18,20)/b8-5+. The molecule has 1 amide bonds. The lowest BCUT2D eigenvalue weighted by atomic mass is 10.1. The summed E-state index contributed by atoms with van der Waals surface area (Å²) < 4.78 is 0. The van der Waals surface area contributed by atoms with Gasteiger partial charge in [-0.1, -0.05) is 6.92 Å². The Labute approximate surface area is 120 Å². The summed E-state index contributed by atoms with van der Waals surface area (Å²) in [6.45, 7) is 4.93. The number of anilines is 2. The van der Waals surface area contributed by atoms with E-state index in [1.165, 1.54) is 18.5 Å². The van der Waals surface area contributed by atoms with E-state index in [1.807, 2.05) is 13.0 Å². The normalized spacial score (nSPS) is 14.9. The number of amides is 1. The van der Waals surface area contributed by atoms with Gasteiger partial charge in [0.1, 0.15) is 0 Å². The van der Waals surface area contributed by atoms with Crippen molar-refractivity contribution in [2.24, 2.45) is 0 Å². The van der Waals surface area contributed by atoms with Crippen LogP contribution in [0.25, 0.3) is 6.08 Å². The van der Waals surface area contributed by atoms with Crippen molar-refractivity contribution in [3.05, 3.63) is 29.8 Å². The van der Waals surface area contributed by atoms with Crippen LogP contribution in [0.5, 0.6) is 0 Å².